The molecule has 0 aromatic heterocycles. The molecule has 0 heterocycles. The number of nitrogens with zero attached hydrogens (tertiary/aromatic N) is 1. The zero-order chi connectivity index (χ0) is 17.2. The van der Waals surface area contributed by atoms with Crippen LogP contribution in [0, 0.1) is 6.92 Å². The Morgan fingerprint density at radius 3 is 2.50 bits per heavy atom. The largest absolute Gasteiger partial charge is 0.380 e. The molecule has 2 aromatic carbocycles. The van der Waals surface area contributed by atoms with E-state index in [1.807, 2.05) is 0 Å². The van der Waals surface area contributed by atoms with Crippen molar-refractivity contribution in [3.05, 3.63) is 70.8 Å². The van der Waals surface area contributed by atoms with Crippen molar-refractivity contribution in [1.82, 2.24) is 10.6 Å². The maximum absolute atomic E-state index is 5.19. The van der Waals surface area contributed by atoms with Crippen molar-refractivity contribution >= 4 is 5.96 Å². The first-order valence-electron chi connectivity index (χ1n) is 8.35. The summed E-state index contributed by atoms with van der Waals surface area (Å²) in [6.07, 6.45) is 0. The van der Waals surface area contributed by atoms with E-state index in [4.69, 9.17) is 4.74 Å². The molecule has 2 rings (SSSR count). The fourth-order valence-electron chi connectivity index (χ4n) is 2.50. The van der Waals surface area contributed by atoms with E-state index < -0.39 is 0 Å². The van der Waals surface area contributed by atoms with Gasteiger partial charge in [-0.15, -0.1) is 0 Å². The van der Waals surface area contributed by atoms with Gasteiger partial charge in [0.15, 0.2) is 5.96 Å². The van der Waals surface area contributed by atoms with Crippen molar-refractivity contribution in [2.75, 3.05) is 13.7 Å². The van der Waals surface area contributed by atoms with Crippen molar-refractivity contribution in [3.63, 3.8) is 0 Å². The van der Waals surface area contributed by atoms with Crippen LogP contribution in [0.15, 0.2) is 53.5 Å². The Morgan fingerprint density at radius 2 is 1.75 bits per heavy atom. The third-order valence-electron chi connectivity index (χ3n) is 3.61. The number of rotatable bonds is 7. The van der Waals surface area contributed by atoms with Crippen molar-refractivity contribution in [2.24, 2.45) is 4.99 Å². The number of ether oxygens (including phenoxy) is 1. The predicted octanol–water partition coefficient (Wildman–Crippen LogP) is 3.40. The molecule has 0 amide bonds. The first-order valence-corrected chi connectivity index (χ1v) is 8.35. The molecule has 0 fully saturated rings. The molecular formula is C20H27N3O. The lowest BCUT2D eigenvalue weighted by molar-refractivity contribution is 0.185. The van der Waals surface area contributed by atoms with Crippen molar-refractivity contribution < 1.29 is 4.74 Å². The molecule has 0 atom stereocenters. The minimum Gasteiger partial charge on any atom is -0.380 e. The van der Waals surface area contributed by atoms with E-state index in [1.54, 1.807) is 7.11 Å². The second kappa shape index (κ2) is 9.73. The Labute approximate surface area is 145 Å². The average molecular weight is 325 g/mol. The summed E-state index contributed by atoms with van der Waals surface area (Å²) in [5.41, 5.74) is 4.87. The number of aliphatic imine (C=N–C) groups is 1. The molecule has 0 radical (unpaired) electrons. The predicted molar refractivity (Wildman–Crippen MR) is 100.0 cm³/mol. The second-order valence-electron chi connectivity index (χ2n) is 5.79. The molecule has 4 nitrogen and oxygen atoms in total. The Hall–Kier alpha value is -2.33. The van der Waals surface area contributed by atoms with Crippen LogP contribution in [0.4, 0.5) is 0 Å². The third-order valence-corrected chi connectivity index (χ3v) is 3.61. The van der Waals surface area contributed by atoms with Crippen LogP contribution in [0.2, 0.25) is 0 Å². The molecule has 0 saturated heterocycles. The molecule has 0 aliphatic rings. The van der Waals surface area contributed by atoms with Crippen LogP contribution < -0.4 is 10.6 Å². The summed E-state index contributed by atoms with van der Waals surface area (Å²) in [4.78, 5) is 4.67. The minimum atomic E-state index is 0.634. The Morgan fingerprint density at radius 1 is 1.00 bits per heavy atom. The quantitative estimate of drug-likeness (QED) is 0.606. The summed E-state index contributed by atoms with van der Waals surface area (Å²) in [7, 11) is 1.71. The van der Waals surface area contributed by atoms with E-state index in [1.165, 1.54) is 22.3 Å². The third kappa shape index (κ3) is 6.05. The summed E-state index contributed by atoms with van der Waals surface area (Å²) >= 11 is 0. The van der Waals surface area contributed by atoms with Gasteiger partial charge in [-0.1, -0.05) is 54.1 Å². The van der Waals surface area contributed by atoms with E-state index in [0.717, 1.165) is 19.0 Å². The van der Waals surface area contributed by atoms with Crippen LogP contribution in [0.5, 0.6) is 0 Å². The van der Waals surface area contributed by atoms with Gasteiger partial charge in [-0.05, 0) is 30.5 Å². The fraction of sp³-hybridized carbons (Fsp3) is 0.350. The molecule has 128 valence electrons. The molecule has 0 spiro atoms. The summed E-state index contributed by atoms with van der Waals surface area (Å²) in [6, 6.07) is 16.8. The van der Waals surface area contributed by atoms with Gasteiger partial charge in [0.05, 0.1) is 13.2 Å². The molecular weight excluding hydrogens is 298 g/mol. The lowest BCUT2D eigenvalue weighted by atomic mass is 10.1. The normalized spacial score (nSPS) is 11.4. The highest BCUT2D eigenvalue weighted by molar-refractivity contribution is 5.79. The highest BCUT2D eigenvalue weighted by Gasteiger charge is 2.00. The summed E-state index contributed by atoms with van der Waals surface area (Å²) < 4.78 is 5.19. The average Bonchev–Trinajstić information content (AvgIpc) is 2.58. The van der Waals surface area contributed by atoms with Gasteiger partial charge in [0.25, 0.3) is 0 Å². The Bertz CT molecular complexity index is 667. The standard InChI is InChI=1S/C20H27N3O/c1-4-21-20(22-13-17-8-5-7-16(2)11-17)23-14-18-9-6-10-19(12-18)15-24-3/h5-12H,4,13-15H2,1-3H3,(H2,21,22,23). The smallest absolute Gasteiger partial charge is 0.191 e. The number of aryl methyl sites for hydroxylation is 1. The Balaban J connectivity index is 1.97. The van der Waals surface area contributed by atoms with Crippen LogP contribution >= 0.6 is 0 Å². The maximum Gasteiger partial charge on any atom is 0.191 e. The number of benzene rings is 2. The minimum absolute atomic E-state index is 0.634. The summed E-state index contributed by atoms with van der Waals surface area (Å²) in [5.74, 6) is 0.830. The second-order valence-corrected chi connectivity index (χ2v) is 5.79. The van der Waals surface area contributed by atoms with Crippen LogP contribution in [0.3, 0.4) is 0 Å². The molecule has 4 heteroatoms. The maximum atomic E-state index is 5.19. The molecule has 0 aliphatic carbocycles. The van der Waals surface area contributed by atoms with Gasteiger partial charge in [0, 0.05) is 20.2 Å². The van der Waals surface area contributed by atoms with Gasteiger partial charge < -0.3 is 15.4 Å². The molecule has 2 N–H and O–H groups in total. The van der Waals surface area contributed by atoms with E-state index in [0.29, 0.717) is 13.2 Å². The lowest BCUT2D eigenvalue weighted by Gasteiger charge is -2.12. The first-order chi connectivity index (χ1) is 11.7. The van der Waals surface area contributed by atoms with Gasteiger partial charge in [-0.2, -0.15) is 0 Å². The van der Waals surface area contributed by atoms with Crippen LogP contribution in [-0.2, 0) is 24.4 Å². The van der Waals surface area contributed by atoms with Crippen LogP contribution in [0.1, 0.15) is 29.2 Å². The van der Waals surface area contributed by atoms with Crippen LogP contribution in [0.25, 0.3) is 0 Å². The monoisotopic (exact) mass is 325 g/mol. The zero-order valence-corrected chi connectivity index (χ0v) is 14.8. The fourth-order valence-corrected chi connectivity index (χ4v) is 2.50. The van der Waals surface area contributed by atoms with E-state index >= 15 is 0 Å². The number of guanidine groups is 1. The summed E-state index contributed by atoms with van der Waals surface area (Å²) in [6.45, 7) is 7.05. The zero-order valence-electron chi connectivity index (χ0n) is 14.8. The van der Waals surface area contributed by atoms with Gasteiger partial charge in [-0.3, -0.25) is 0 Å². The molecule has 24 heavy (non-hydrogen) atoms. The highest BCUT2D eigenvalue weighted by Crippen LogP contribution is 2.07. The SMILES string of the molecule is CCNC(=NCc1cccc(C)c1)NCc1cccc(COC)c1. The number of methoxy groups -OCH3 is 1. The number of nitrogens with one attached hydrogen (secondary N) is 2. The molecule has 2 aromatic rings. The van der Waals surface area contributed by atoms with Crippen molar-refractivity contribution in [3.8, 4) is 0 Å². The van der Waals surface area contributed by atoms with Gasteiger partial charge in [0.1, 0.15) is 0 Å². The number of hydrogen-bond acceptors (Lipinski definition) is 2. The van der Waals surface area contributed by atoms with E-state index in [-0.39, 0.29) is 0 Å². The molecule has 0 unspecified atom stereocenters. The van der Waals surface area contributed by atoms with Gasteiger partial charge in [0.2, 0.25) is 0 Å². The Kier molecular flexibility index (Phi) is 7.30. The lowest BCUT2D eigenvalue weighted by Crippen LogP contribution is -2.36. The number of hydrogen-bond donors (Lipinski definition) is 2. The van der Waals surface area contributed by atoms with Crippen molar-refractivity contribution in [2.45, 2.75) is 33.5 Å². The molecule has 0 saturated carbocycles. The van der Waals surface area contributed by atoms with Crippen molar-refractivity contribution in [1.29, 1.82) is 0 Å². The molecule has 0 bridgehead atoms. The van der Waals surface area contributed by atoms with Gasteiger partial charge in [-0.25, -0.2) is 4.99 Å². The summed E-state index contributed by atoms with van der Waals surface area (Å²) in [5, 5.41) is 6.68. The van der Waals surface area contributed by atoms with E-state index in [2.05, 4.69) is 78.0 Å². The van der Waals surface area contributed by atoms with Gasteiger partial charge >= 0.3 is 0 Å². The highest BCUT2D eigenvalue weighted by atomic mass is 16.5. The first kappa shape index (κ1) is 18.0. The van der Waals surface area contributed by atoms with E-state index in [9.17, 15) is 0 Å². The topological polar surface area (TPSA) is 45.7 Å². The molecule has 0 aliphatic heterocycles. The van der Waals surface area contributed by atoms with Crippen LogP contribution in [-0.4, -0.2) is 19.6 Å².